The second-order valence-electron chi connectivity index (χ2n) is 7.78. The molecule has 0 atom stereocenters. The van der Waals surface area contributed by atoms with Gasteiger partial charge in [0.25, 0.3) is 0 Å². The van der Waals surface area contributed by atoms with Gasteiger partial charge < -0.3 is 10.2 Å². The van der Waals surface area contributed by atoms with Gasteiger partial charge in [0.2, 0.25) is 11.8 Å². The molecule has 2 amide bonds. The number of hydrogen-bond donors (Lipinski definition) is 1. The van der Waals surface area contributed by atoms with Crippen molar-refractivity contribution < 1.29 is 19.2 Å². The molecule has 1 rings (SSSR count). The van der Waals surface area contributed by atoms with Crippen LogP contribution in [0.1, 0.15) is 51.4 Å². The topological polar surface area (TPSA) is 79.0 Å². The minimum Gasteiger partial charge on any atom is -0.356 e. The van der Waals surface area contributed by atoms with Gasteiger partial charge >= 0.3 is 0 Å². The Morgan fingerprint density at radius 2 is 1.71 bits per heavy atom. The normalized spacial score (nSPS) is 19.7. The number of nitrogens with zero attached hydrogens (tertiary/aromatic N) is 2. The standard InChI is InChI=1S/C21H37N3O4/c1-23(2)28-16-7-5-4-6-14-22-21(27)19-12-10-18(11-13-19)17-24(3)20(26)9-8-15-25/h8-9,15,18-19H,4-7,10-14,16-17H2,1-3H3,(H,22,27)/b9-8-. The molecule has 0 heterocycles. The summed E-state index contributed by atoms with van der Waals surface area (Å²) in [6, 6.07) is 0. The number of carbonyl (C=O) groups is 3. The molecule has 0 unspecified atom stereocenters. The first-order valence-corrected chi connectivity index (χ1v) is 10.4. The van der Waals surface area contributed by atoms with Crippen LogP contribution in [0.25, 0.3) is 0 Å². The van der Waals surface area contributed by atoms with E-state index in [0.717, 1.165) is 64.5 Å². The number of likely N-dealkylation sites (N-methyl/N-ethyl adjacent to an activating group) is 1. The Balaban J connectivity index is 2.11. The predicted molar refractivity (Wildman–Crippen MR) is 109 cm³/mol. The molecule has 1 fully saturated rings. The van der Waals surface area contributed by atoms with Crippen LogP contribution < -0.4 is 5.32 Å². The van der Waals surface area contributed by atoms with Crippen molar-refractivity contribution in [3.05, 3.63) is 12.2 Å². The van der Waals surface area contributed by atoms with Crippen molar-refractivity contribution in [3.8, 4) is 0 Å². The van der Waals surface area contributed by atoms with Gasteiger partial charge in [-0.05, 0) is 50.5 Å². The maximum Gasteiger partial charge on any atom is 0.246 e. The van der Waals surface area contributed by atoms with Crippen LogP contribution in [0, 0.1) is 11.8 Å². The lowest BCUT2D eigenvalue weighted by molar-refractivity contribution is -0.128. The molecule has 7 heteroatoms. The van der Waals surface area contributed by atoms with E-state index in [2.05, 4.69) is 5.32 Å². The molecule has 0 aromatic heterocycles. The maximum absolute atomic E-state index is 12.3. The largest absolute Gasteiger partial charge is 0.356 e. The summed E-state index contributed by atoms with van der Waals surface area (Å²) in [6.45, 7) is 2.16. The van der Waals surface area contributed by atoms with E-state index in [1.165, 1.54) is 12.2 Å². The summed E-state index contributed by atoms with van der Waals surface area (Å²) in [5.74, 6) is 0.542. The zero-order chi connectivity index (χ0) is 20.8. The molecule has 7 nitrogen and oxygen atoms in total. The van der Waals surface area contributed by atoms with Crippen LogP contribution in [0.2, 0.25) is 0 Å². The fourth-order valence-electron chi connectivity index (χ4n) is 3.52. The van der Waals surface area contributed by atoms with Crippen molar-refractivity contribution in [1.29, 1.82) is 0 Å². The summed E-state index contributed by atoms with van der Waals surface area (Å²) >= 11 is 0. The fraction of sp³-hybridized carbons (Fsp3) is 0.762. The molecule has 160 valence electrons. The third-order valence-corrected chi connectivity index (χ3v) is 5.16. The van der Waals surface area contributed by atoms with Crippen molar-refractivity contribution in [2.45, 2.75) is 51.4 Å². The molecule has 0 aliphatic heterocycles. The Hall–Kier alpha value is -1.73. The van der Waals surface area contributed by atoms with Crippen molar-refractivity contribution in [2.75, 3.05) is 40.8 Å². The Labute approximate surface area is 169 Å². The highest BCUT2D eigenvalue weighted by Crippen LogP contribution is 2.29. The molecule has 1 N–H and O–H groups in total. The summed E-state index contributed by atoms with van der Waals surface area (Å²) in [5, 5.41) is 4.79. The summed E-state index contributed by atoms with van der Waals surface area (Å²) < 4.78 is 0. The van der Waals surface area contributed by atoms with E-state index >= 15 is 0 Å². The highest BCUT2D eigenvalue weighted by atomic mass is 16.7. The number of amides is 2. The summed E-state index contributed by atoms with van der Waals surface area (Å²) in [5.41, 5.74) is 0. The van der Waals surface area contributed by atoms with Gasteiger partial charge in [-0.2, -0.15) is 5.06 Å². The molecule has 0 saturated heterocycles. The first-order valence-electron chi connectivity index (χ1n) is 10.4. The number of rotatable bonds is 13. The number of allylic oxidation sites excluding steroid dienone is 1. The van der Waals surface area contributed by atoms with Crippen LogP contribution in [0.5, 0.6) is 0 Å². The van der Waals surface area contributed by atoms with Crippen LogP contribution in [0.4, 0.5) is 0 Å². The molecule has 1 saturated carbocycles. The van der Waals surface area contributed by atoms with Gasteiger partial charge in [0.15, 0.2) is 0 Å². The molecule has 0 spiro atoms. The van der Waals surface area contributed by atoms with Crippen molar-refractivity contribution in [3.63, 3.8) is 0 Å². The molecule has 0 aromatic rings. The first-order chi connectivity index (χ1) is 13.4. The number of nitrogens with one attached hydrogen (secondary N) is 1. The van der Waals surface area contributed by atoms with Crippen LogP contribution in [0.15, 0.2) is 12.2 Å². The number of aldehydes is 1. The highest BCUT2D eigenvalue weighted by Gasteiger charge is 2.27. The molecular weight excluding hydrogens is 358 g/mol. The van der Waals surface area contributed by atoms with Gasteiger partial charge in [-0.3, -0.25) is 19.2 Å². The van der Waals surface area contributed by atoms with Crippen molar-refractivity contribution >= 4 is 18.1 Å². The number of hydroxylamine groups is 2. The lowest BCUT2D eigenvalue weighted by Gasteiger charge is -2.30. The fourth-order valence-corrected chi connectivity index (χ4v) is 3.52. The van der Waals surface area contributed by atoms with Crippen LogP contribution >= 0.6 is 0 Å². The average molecular weight is 396 g/mol. The van der Waals surface area contributed by atoms with E-state index in [9.17, 15) is 14.4 Å². The quantitative estimate of drug-likeness (QED) is 0.224. The third-order valence-electron chi connectivity index (χ3n) is 5.16. The second kappa shape index (κ2) is 14.3. The second-order valence-corrected chi connectivity index (χ2v) is 7.78. The highest BCUT2D eigenvalue weighted by molar-refractivity contribution is 5.90. The monoisotopic (exact) mass is 395 g/mol. The summed E-state index contributed by atoms with van der Waals surface area (Å²) in [7, 11) is 5.52. The summed E-state index contributed by atoms with van der Waals surface area (Å²) in [6.07, 6.45) is 11.1. The lowest BCUT2D eigenvalue weighted by atomic mass is 9.81. The average Bonchev–Trinajstić information content (AvgIpc) is 2.68. The number of unbranched alkanes of at least 4 members (excludes halogenated alkanes) is 3. The Morgan fingerprint density at radius 1 is 1.04 bits per heavy atom. The van der Waals surface area contributed by atoms with Gasteiger partial charge in [0, 0.05) is 46.2 Å². The van der Waals surface area contributed by atoms with E-state index in [0.29, 0.717) is 18.7 Å². The minimum absolute atomic E-state index is 0.0979. The molecule has 0 radical (unpaired) electrons. The Bertz CT molecular complexity index is 500. The van der Waals surface area contributed by atoms with E-state index < -0.39 is 0 Å². The minimum atomic E-state index is -0.153. The van der Waals surface area contributed by atoms with Gasteiger partial charge in [-0.1, -0.05) is 12.8 Å². The molecule has 1 aliphatic carbocycles. The molecular formula is C21H37N3O4. The van der Waals surface area contributed by atoms with Gasteiger partial charge in [0.05, 0.1) is 6.61 Å². The SMILES string of the molecule is CN(C)OCCCCCCNC(=O)C1CCC(CN(C)C(=O)/C=C\C=O)CC1. The Morgan fingerprint density at radius 3 is 2.36 bits per heavy atom. The molecule has 1 aliphatic rings. The first kappa shape index (κ1) is 24.3. The zero-order valence-electron chi connectivity index (χ0n) is 17.7. The van der Waals surface area contributed by atoms with E-state index in [-0.39, 0.29) is 17.7 Å². The number of carbonyl (C=O) groups excluding carboxylic acids is 3. The van der Waals surface area contributed by atoms with E-state index in [1.54, 1.807) is 17.0 Å². The molecule has 0 bridgehead atoms. The van der Waals surface area contributed by atoms with Crippen molar-refractivity contribution in [1.82, 2.24) is 15.3 Å². The smallest absolute Gasteiger partial charge is 0.246 e. The Kier molecular flexibility index (Phi) is 12.4. The molecule has 0 aromatic carbocycles. The van der Waals surface area contributed by atoms with E-state index in [1.807, 2.05) is 14.1 Å². The number of hydrogen-bond acceptors (Lipinski definition) is 5. The van der Waals surface area contributed by atoms with Gasteiger partial charge in [0.1, 0.15) is 6.29 Å². The van der Waals surface area contributed by atoms with Crippen LogP contribution in [-0.2, 0) is 19.2 Å². The summed E-state index contributed by atoms with van der Waals surface area (Å²) in [4.78, 5) is 41.4. The predicted octanol–water partition coefficient (Wildman–Crippen LogP) is 2.18. The lowest BCUT2D eigenvalue weighted by Crippen LogP contribution is -2.36. The van der Waals surface area contributed by atoms with Crippen molar-refractivity contribution in [2.24, 2.45) is 11.8 Å². The van der Waals surface area contributed by atoms with Gasteiger partial charge in [-0.15, -0.1) is 0 Å². The maximum atomic E-state index is 12.3. The van der Waals surface area contributed by atoms with Gasteiger partial charge in [-0.25, -0.2) is 0 Å². The third kappa shape index (κ3) is 10.6. The van der Waals surface area contributed by atoms with Crippen LogP contribution in [-0.4, -0.2) is 68.9 Å². The zero-order valence-corrected chi connectivity index (χ0v) is 17.7. The van der Waals surface area contributed by atoms with Crippen LogP contribution in [0.3, 0.4) is 0 Å². The molecule has 28 heavy (non-hydrogen) atoms. The van der Waals surface area contributed by atoms with E-state index in [4.69, 9.17) is 4.84 Å².